The number of aromatic nitrogens is 2. The molecule has 0 saturated carbocycles. The Morgan fingerprint density at radius 2 is 2.07 bits per heavy atom. The molecule has 1 heterocycles. The van der Waals surface area contributed by atoms with Crippen LogP contribution in [0.4, 0.5) is 0 Å². The number of rotatable bonds is 7. The molecule has 8 nitrogen and oxygen atoms in total. The number of aliphatic hydroxyl groups excluding tert-OH is 1. The van der Waals surface area contributed by atoms with E-state index in [0.29, 0.717) is 22.6 Å². The Morgan fingerprint density at radius 1 is 1.27 bits per heavy atom. The summed E-state index contributed by atoms with van der Waals surface area (Å²) in [5, 5.41) is 22.4. The quantitative estimate of drug-likeness (QED) is 0.280. The zero-order valence-electron chi connectivity index (χ0n) is 17.2. The Hall–Kier alpha value is -3.70. The predicted octanol–water partition coefficient (Wildman–Crippen LogP) is 1.64. The van der Waals surface area contributed by atoms with Crippen molar-refractivity contribution in [3.63, 3.8) is 0 Å². The smallest absolute Gasteiger partial charge is 0.169 e. The lowest BCUT2D eigenvalue weighted by Gasteiger charge is -2.21. The molecule has 1 aromatic heterocycles. The van der Waals surface area contributed by atoms with Gasteiger partial charge in [0, 0.05) is 30.3 Å². The minimum absolute atomic E-state index is 0.0657. The van der Waals surface area contributed by atoms with E-state index in [0.717, 1.165) is 17.8 Å². The van der Waals surface area contributed by atoms with Crippen molar-refractivity contribution in [1.29, 1.82) is 0 Å². The molecule has 3 rings (SSSR count). The van der Waals surface area contributed by atoms with Crippen LogP contribution in [-0.2, 0) is 7.05 Å². The van der Waals surface area contributed by atoms with Crippen molar-refractivity contribution in [3.05, 3.63) is 71.0 Å². The number of nitrogens with zero attached hydrogens (tertiary/aromatic N) is 3. The van der Waals surface area contributed by atoms with Crippen LogP contribution in [0.5, 0.6) is 11.5 Å². The first-order chi connectivity index (χ1) is 14.5. The molecule has 30 heavy (non-hydrogen) atoms. The molecular weight excluding hydrogens is 382 g/mol. The third-order valence-corrected chi connectivity index (χ3v) is 4.71. The number of nitrogens with one attached hydrogen (secondary N) is 2. The summed E-state index contributed by atoms with van der Waals surface area (Å²) in [7, 11) is 4.94. The first-order valence-corrected chi connectivity index (χ1v) is 9.39. The van der Waals surface area contributed by atoms with Gasteiger partial charge < -0.3 is 19.9 Å². The molecule has 3 N–H and O–H groups in total. The van der Waals surface area contributed by atoms with Crippen LogP contribution in [0.15, 0.2) is 59.4 Å². The molecule has 0 bridgehead atoms. The van der Waals surface area contributed by atoms with Crippen molar-refractivity contribution in [2.24, 2.45) is 12.1 Å². The van der Waals surface area contributed by atoms with Crippen molar-refractivity contribution < 1.29 is 14.6 Å². The zero-order chi connectivity index (χ0) is 21.5. The van der Waals surface area contributed by atoms with Crippen molar-refractivity contribution in [2.45, 2.75) is 18.6 Å². The summed E-state index contributed by atoms with van der Waals surface area (Å²) in [6.07, 6.45) is 11.1. The topological polar surface area (TPSA) is 92.9 Å². The monoisotopic (exact) mass is 407 g/mol. The standard InChI is InChI=1S/C22H25N5O3/c1-5-23-25-21-12-10-18(26-27(21)2)15-7-6-8-17(13-15)24-22(28)16-9-11-19(29-3)20(14-16)30-4/h1,6,8-15,22-24,28H,7H2,2-4H3/b25-21-. The van der Waals surface area contributed by atoms with E-state index < -0.39 is 6.23 Å². The molecule has 2 atom stereocenters. The maximum absolute atomic E-state index is 10.6. The van der Waals surface area contributed by atoms with Gasteiger partial charge in [0.15, 0.2) is 23.2 Å². The van der Waals surface area contributed by atoms with E-state index in [1.165, 1.54) is 0 Å². The highest BCUT2D eigenvalue weighted by Crippen LogP contribution is 2.30. The number of methoxy groups -OCH3 is 2. The van der Waals surface area contributed by atoms with Gasteiger partial charge in [0.1, 0.15) is 0 Å². The van der Waals surface area contributed by atoms with Gasteiger partial charge >= 0.3 is 0 Å². The molecule has 2 aromatic rings. The lowest BCUT2D eigenvalue weighted by atomic mass is 9.95. The second-order valence-corrected chi connectivity index (χ2v) is 6.64. The van der Waals surface area contributed by atoms with Crippen molar-refractivity contribution >= 4 is 0 Å². The second kappa shape index (κ2) is 9.67. The average Bonchev–Trinajstić information content (AvgIpc) is 2.77. The molecule has 8 heteroatoms. The van der Waals surface area contributed by atoms with Crippen LogP contribution in [0.3, 0.4) is 0 Å². The summed E-state index contributed by atoms with van der Waals surface area (Å²) in [5.41, 5.74) is 5.46. The third-order valence-electron chi connectivity index (χ3n) is 4.71. The van der Waals surface area contributed by atoms with Crippen LogP contribution >= 0.6 is 0 Å². The highest BCUT2D eigenvalue weighted by atomic mass is 16.5. The predicted molar refractivity (Wildman–Crippen MR) is 113 cm³/mol. The van der Waals surface area contributed by atoms with E-state index in [2.05, 4.69) is 27.0 Å². The minimum Gasteiger partial charge on any atom is -0.493 e. The number of hydrogen-bond acceptors (Lipinski definition) is 7. The zero-order valence-corrected chi connectivity index (χ0v) is 17.2. The van der Waals surface area contributed by atoms with Crippen molar-refractivity contribution in [1.82, 2.24) is 20.5 Å². The normalized spacial score (nSPS) is 17.0. The van der Waals surface area contributed by atoms with E-state index in [4.69, 9.17) is 15.9 Å². The lowest BCUT2D eigenvalue weighted by molar-refractivity contribution is 0.152. The van der Waals surface area contributed by atoms with Crippen LogP contribution < -0.4 is 25.7 Å². The summed E-state index contributed by atoms with van der Waals surface area (Å²) in [6, 6.07) is 11.3. The van der Waals surface area contributed by atoms with Gasteiger partial charge in [-0.2, -0.15) is 5.10 Å². The second-order valence-electron chi connectivity index (χ2n) is 6.64. The largest absolute Gasteiger partial charge is 0.493 e. The minimum atomic E-state index is -0.903. The van der Waals surface area contributed by atoms with Gasteiger partial charge in [-0.15, -0.1) is 5.10 Å². The molecule has 156 valence electrons. The van der Waals surface area contributed by atoms with Gasteiger partial charge in [-0.25, -0.2) is 10.1 Å². The van der Waals surface area contributed by atoms with Gasteiger partial charge in [0.2, 0.25) is 0 Å². The molecule has 2 unspecified atom stereocenters. The first-order valence-electron chi connectivity index (χ1n) is 9.39. The molecule has 1 aliphatic carbocycles. The summed E-state index contributed by atoms with van der Waals surface area (Å²) in [4.78, 5) is 0. The first kappa shape index (κ1) is 21.0. The fraction of sp³-hybridized carbons (Fsp3) is 0.273. The molecule has 1 aliphatic rings. The van der Waals surface area contributed by atoms with Gasteiger partial charge in [-0.05, 0) is 36.8 Å². The maximum atomic E-state index is 10.6. The molecule has 0 saturated heterocycles. The summed E-state index contributed by atoms with van der Waals surface area (Å²) < 4.78 is 12.2. The van der Waals surface area contributed by atoms with Gasteiger partial charge in [-0.3, -0.25) is 0 Å². The van der Waals surface area contributed by atoms with E-state index in [-0.39, 0.29) is 5.92 Å². The maximum Gasteiger partial charge on any atom is 0.169 e. The Bertz CT molecular complexity index is 1070. The Morgan fingerprint density at radius 3 is 2.77 bits per heavy atom. The molecule has 0 amide bonds. The van der Waals surface area contributed by atoms with E-state index in [9.17, 15) is 5.11 Å². The molecule has 0 aliphatic heterocycles. The third kappa shape index (κ3) is 4.82. The SMILES string of the molecule is C#CN/N=c1/ccc(C2C=C(NC(O)c3ccc(OC)c(OC)c3)C=CC2)nn1C. The average molecular weight is 407 g/mol. The Kier molecular flexibility index (Phi) is 6.78. The summed E-state index contributed by atoms with van der Waals surface area (Å²) in [5.74, 6) is 1.23. The van der Waals surface area contributed by atoms with E-state index >= 15 is 0 Å². The molecular formula is C22H25N5O3. The number of aliphatic hydroxyl groups is 1. The molecule has 0 radical (unpaired) electrons. The number of benzene rings is 1. The van der Waals surface area contributed by atoms with Gasteiger partial charge in [0.05, 0.1) is 19.9 Å². The van der Waals surface area contributed by atoms with Crippen LogP contribution in [-0.4, -0.2) is 29.1 Å². The number of ether oxygens (including phenoxy) is 2. The lowest BCUT2D eigenvalue weighted by Crippen LogP contribution is -2.25. The van der Waals surface area contributed by atoms with Crippen molar-refractivity contribution in [2.75, 3.05) is 14.2 Å². The van der Waals surface area contributed by atoms with E-state index in [1.807, 2.05) is 37.4 Å². The van der Waals surface area contributed by atoms with Gasteiger partial charge in [0.25, 0.3) is 0 Å². The Labute approximate surface area is 175 Å². The highest BCUT2D eigenvalue weighted by Gasteiger charge is 2.17. The van der Waals surface area contributed by atoms with Crippen LogP contribution in [0, 0.1) is 12.5 Å². The number of aryl methyl sites for hydroxylation is 1. The molecule has 0 spiro atoms. The van der Waals surface area contributed by atoms with E-state index in [1.54, 1.807) is 37.1 Å². The molecule has 0 fully saturated rings. The number of allylic oxidation sites excluding steroid dienone is 3. The summed E-state index contributed by atoms with van der Waals surface area (Å²) in [6.45, 7) is 0. The Balaban J connectivity index is 1.77. The van der Waals surface area contributed by atoms with Crippen LogP contribution in [0.1, 0.15) is 29.8 Å². The van der Waals surface area contributed by atoms with Crippen LogP contribution in [0.25, 0.3) is 0 Å². The number of terminal acetylenes is 1. The fourth-order valence-electron chi connectivity index (χ4n) is 3.17. The number of hydrogen-bond donors (Lipinski definition) is 3. The van der Waals surface area contributed by atoms with Crippen molar-refractivity contribution in [3.8, 4) is 24.0 Å². The highest BCUT2D eigenvalue weighted by molar-refractivity contribution is 5.43. The van der Waals surface area contributed by atoms with Crippen LogP contribution in [0.2, 0.25) is 0 Å². The summed E-state index contributed by atoms with van der Waals surface area (Å²) >= 11 is 0. The van der Waals surface area contributed by atoms with Gasteiger partial charge in [-0.1, -0.05) is 24.6 Å². The molecule has 1 aromatic carbocycles. The fourth-order valence-corrected chi connectivity index (χ4v) is 3.17.